The van der Waals surface area contributed by atoms with E-state index in [1.807, 2.05) is 31.2 Å². The predicted octanol–water partition coefficient (Wildman–Crippen LogP) is 5.30. The molecular weight excluding hydrogens is 427 g/mol. The van der Waals surface area contributed by atoms with E-state index in [2.05, 4.69) is 35.6 Å². The summed E-state index contributed by atoms with van der Waals surface area (Å²) in [7, 11) is -3.91. The third kappa shape index (κ3) is 4.23. The van der Waals surface area contributed by atoms with E-state index in [-0.39, 0.29) is 21.8 Å². The van der Waals surface area contributed by atoms with E-state index in [0.29, 0.717) is 5.69 Å². The number of halogens is 1. The lowest BCUT2D eigenvalue weighted by Gasteiger charge is -2.19. The average Bonchev–Trinajstić information content (AvgIpc) is 3.14. The number of hydrogen-bond acceptors (Lipinski definition) is 4. The van der Waals surface area contributed by atoms with E-state index >= 15 is 0 Å². The maximum atomic E-state index is 13.4. The molecule has 4 aromatic rings. The van der Waals surface area contributed by atoms with Crippen molar-refractivity contribution in [3.8, 4) is 5.69 Å². The Morgan fingerprint density at radius 3 is 2.41 bits per heavy atom. The van der Waals surface area contributed by atoms with Crippen molar-refractivity contribution in [1.82, 2.24) is 14.8 Å². The summed E-state index contributed by atoms with van der Waals surface area (Å²) in [5.41, 5.74) is 3.27. The van der Waals surface area contributed by atoms with Crippen LogP contribution >= 0.6 is 0 Å². The number of anilines is 1. The van der Waals surface area contributed by atoms with Crippen LogP contribution in [0.15, 0.2) is 65.6 Å². The van der Waals surface area contributed by atoms with Gasteiger partial charge in [0.15, 0.2) is 0 Å². The summed E-state index contributed by atoms with van der Waals surface area (Å²) in [5.74, 6) is 0.158. The molecule has 0 saturated heterocycles. The minimum atomic E-state index is -3.91. The fraction of sp³-hybridized carbons (Fsp3) is 0.250. The quantitative estimate of drug-likeness (QED) is 0.446. The third-order valence-electron chi connectivity index (χ3n) is 5.24. The van der Waals surface area contributed by atoms with Crippen LogP contribution in [0.1, 0.15) is 37.7 Å². The van der Waals surface area contributed by atoms with Gasteiger partial charge in [-0.25, -0.2) is 17.5 Å². The first-order valence-electron chi connectivity index (χ1n) is 10.2. The summed E-state index contributed by atoms with van der Waals surface area (Å²) < 4.78 is 43.6. The molecule has 8 heteroatoms. The van der Waals surface area contributed by atoms with Gasteiger partial charge in [0.2, 0.25) is 0 Å². The first-order valence-corrected chi connectivity index (χ1v) is 11.7. The van der Waals surface area contributed by atoms with Gasteiger partial charge >= 0.3 is 0 Å². The molecule has 32 heavy (non-hydrogen) atoms. The Morgan fingerprint density at radius 2 is 1.75 bits per heavy atom. The molecule has 0 radical (unpaired) electrons. The van der Waals surface area contributed by atoms with Gasteiger partial charge in [-0.15, -0.1) is 0 Å². The van der Waals surface area contributed by atoms with Crippen molar-refractivity contribution in [2.75, 3.05) is 4.72 Å². The standard InChI is InChI=1S/C24H25FN4O2S/c1-16-8-13-20-21(26-16)6-5-7-22(20)29-23(14-18(15-25)27-29)28-32(30,31)19-11-9-17(10-12-19)24(2,3)4/h5-14,28H,15H2,1-4H3. The molecule has 2 aromatic carbocycles. The van der Waals surface area contributed by atoms with Gasteiger partial charge in [-0.1, -0.05) is 39.0 Å². The van der Waals surface area contributed by atoms with Crippen LogP contribution in [-0.2, 0) is 22.1 Å². The Morgan fingerprint density at radius 1 is 1.03 bits per heavy atom. The SMILES string of the molecule is Cc1ccc2c(-n3nc(CF)cc3NS(=O)(=O)c3ccc(C(C)(C)C)cc3)cccc2n1. The van der Waals surface area contributed by atoms with Crippen LogP contribution in [0.3, 0.4) is 0 Å². The van der Waals surface area contributed by atoms with Gasteiger partial charge in [0.05, 0.1) is 21.8 Å². The second-order valence-corrected chi connectivity index (χ2v) is 10.4. The summed E-state index contributed by atoms with van der Waals surface area (Å²) in [6, 6.07) is 17.4. The summed E-state index contributed by atoms with van der Waals surface area (Å²) in [5, 5.41) is 5.06. The van der Waals surface area contributed by atoms with Crippen molar-refractivity contribution in [2.24, 2.45) is 0 Å². The van der Waals surface area contributed by atoms with Gasteiger partial charge in [-0.3, -0.25) is 9.71 Å². The highest BCUT2D eigenvalue weighted by Crippen LogP contribution is 2.28. The molecule has 0 amide bonds. The van der Waals surface area contributed by atoms with Gasteiger partial charge in [-0.05, 0) is 54.3 Å². The number of sulfonamides is 1. The van der Waals surface area contributed by atoms with Gasteiger partial charge in [0.25, 0.3) is 10.0 Å². The van der Waals surface area contributed by atoms with E-state index in [9.17, 15) is 12.8 Å². The first-order chi connectivity index (χ1) is 15.1. The maximum Gasteiger partial charge on any atom is 0.263 e. The normalized spacial score (nSPS) is 12.3. The van der Waals surface area contributed by atoms with Gasteiger partial charge in [0.1, 0.15) is 12.5 Å². The van der Waals surface area contributed by atoms with Crippen molar-refractivity contribution in [1.29, 1.82) is 0 Å². The minimum Gasteiger partial charge on any atom is -0.263 e. The number of aryl methyl sites for hydroxylation is 1. The lowest BCUT2D eigenvalue weighted by atomic mass is 9.87. The Kier molecular flexibility index (Phi) is 5.50. The van der Waals surface area contributed by atoms with Gasteiger partial charge in [-0.2, -0.15) is 5.10 Å². The molecule has 1 N–H and O–H groups in total. The highest BCUT2D eigenvalue weighted by atomic mass is 32.2. The van der Waals surface area contributed by atoms with Crippen LogP contribution in [0, 0.1) is 6.92 Å². The molecule has 0 fully saturated rings. The van der Waals surface area contributed by atoms with E-state index in [4.69, 9.17) is 0 Å². The fourth-order valence-corrected chi connectivity index (χ4v) is 4.54. The number of benzene rings is 2. The van der Waals surface area contributed by atoms with Crippen molar-refractivity contribution in [3.63, 3.8) is 0 Å². The largest absolute Gasteiger partial charge is 0.263 e. The number of nitrogens with one attached hydrogen (secondary N) is 1. The zero-order chi connectivity index (χ0) is 23.1. The van der Waals surface area contributed by atoms with Crippen LogP contribution in [-0.4, -0.2) is 23.2 Å². The maximum absolute atomic E-state index is 13.4. The number of rotatable bonds is 5. The zero-order valence-electron chi connectivity index (χ0n) is 18.4. The number of fused-ring (bicyclic) bond motifs is 1. The smallest absolute Gasteiger partial charge is 0.263 e. The van der Waals surface area contributed by atoms with Crippen molar-refractivity contribution >= 4 is 26.7 Å². The van der Waals surface area contributed by atoms with Gasteiger partial charge in [0, 0.05) is 17.1 Å². The molecule has 2 heterocycles. The Labute approximate surface area is 187 Å². The molecular formula is C24H25FN4O2S. The molecule has 0 aliphatic carbocycles. The molecule has 4 rings (SSSR count). The summed E-state index contributed by atoms with van der Waals surface area (Å²) in [6.45, 7) is 7.26. The Bertz CT molecular complexity index is 1390. The molecule has 0 aliphatic heterocycles. The average molecular weight is 453 g/mol. The topological polar surface area (TPSA) is 76.9 Å². The molecule has 2 aromatic heterocycles. The highest BCUT2D eigenvalue weighted by molar-refractivity contribution is 7.92. The predicted molar refractivity (Wildman–Crippen MR) is 124 cm³/mol. The van der Waals surface area contributed by atoms with Crippen molar-refractivity contribution in [2.45, 2.75) is 44.7 Å². The number of pyridine rings is 1. The van der Waals surface area contributed by atoms with Crippen LogP contribution in [0.25, 0.3) is 16.6 Å². The van der Waals surface area contributed by atoms with Crippen molar-refractivity contribution in [3.05, 3.63) is 77.6 Å². The summed E-state index contributed by atoms with van der Waals surface area (Å²) in [6.07, 6.45) is 0. The number of aromatic nitrogens is 3. The zero-order valence-corrected chi connectivity index (χ0v) is 19.2. The second kappa shape index (κ2) is 8.02. The van der Waals surface area contributed by atoms with E-state index in [0.717, 1.165) is 22.2 Å². The van der Waals surface area contributed by atoms with Crippen LogP contribution < -0.4 is 4.72 Å². The summed E-state index contributed by atoms with van der Waals surface area (Å²) >= 11 is 0. The minimum absolute atomic E-state index is 0.0921. The molecule has 0 saturated carbocycles. The monoisotopic (exact) mass is 452 g/mol. The number of alkyl halides is 1. The molecule has 0 unspecified atom stereocenters. The lowest BCUT2D eigenvalue weighted by molar-refractivity contribution is 0.473. The fourth-order valence-electron chi connectivity index (χ4n) is 3.51. The highest BCUT2D eigenvalue weighted by Gasteiger charge is 2.21. The van der Waals surface area contributed by atoms with E-state index in [1.165, 1.54) is 10.7 Å². The van der Waals surface area contributed by atoms with E-state index < -0.39 is 16.7 Å². The van der Waals surface area contributed by atoms with Crippen LogP contribution in [0.5, 0.6) is 0 Å². The molecule has 0 atom stereocenters. The van der Waals surface area contributed by atoms with Crippen LogP contribution in [0.2, 0.25) is 0 Å². The Hall–Kier alpha value is -3.26. The van der Waals surface area contributed by atoms with E-state index in [1.54, 1.807) is 30.3 Å². The number of nitrogens with zero attached hydrogens (tertiary/aromatic N) is 3. The summed E-state index contributed by atoms with van der Waals surface area (Å²) in [4.78, 5) is 4.64. The number of hydrogen-bond donors (Lipinski definition) is 1. The first kappa shape index (κ1) is 22.0. The second-order valence-electron chi connectivity index (χ2n) is 8.74. The molecule has 6 nitrogen and oxygen atoms in total. The van der Waals surface area contributed by atoms with Gasteiger partial charge < -0.3 is 0 Å². The van der Waals surface area contributed by atoms with Crippen molar-refractivity contribution < 1.29 is 12.8 Å². The van der Waals surface area contributed by atoms with Crippen LogP contribution in [0.4, 0.5) is 10.2 Å². The third-order valence-corrected chi connectivity index (χ3v) is 6.61. The Balaban J connectivity index is 1.77. The lowest BCUT2D eigenvalue weighted by Crippen LogP contribution is -2.17. The molecule has 0 spiro atoms. The molecule has 0 aliphatic rings. The molecule has 166 valence electrons. The molecule has 0 bridgehead atoms.